The lowest BCUT2D eigenvalue weighted by Gasteiger charge is -2.18. The number of carbonyl (C=O) groups excluding carboxylic acids is 3. The number of nitrogens with zero attached hydrogens (tertiary/aromatic N) is 2. The third-order valence-electron chi connectivity index (χ3n) is 4.31. The molecule has 1 aliphatic rings. The fourth-order valence-electron chi connectivity index (χ4n) is 2.82. The first-order chi connectivity index (χ1) is 11.6. The van der Waals surface area contributed by atoms with Gasteiger partial charge in [0.15, 0.2) is 0 Å². The standard InChI is InChI=1S/C18H25N3O3/c1-3-20(4-2)13-11-19-16(22)10-7-12-21-17(23)14-8-5-6-9-15(14)18(21)24/h5-6,8-9H,3-4,7,10-13H2,1-2H3,(H,19,22). The van der Waals surface area contributed by atoms with E-state index in [-0.39, 0.29) is 24.3 Å². The zero-order valence-corrected chi connectivity index (χ0v) is 14.4. The van der Waals surface area contributed by atoms with Crippen LogP contribution in [0.4, 0.5) is 0 Å². The summed E-state index contributed by atoms with van der Waals surface area (Å²) >= 11 is 0. The van der Waals surface area contributed by atoms with Crippen LogP contribution in [0.25, 0.3) is 0 Å². The van der Waals surface area contributed by atoms with Crippen molar-refractivity contribution in [2.75, 3.05) is 32.7 Å². The number of hydrogen-bond acceptors (Lipinski definition) is 4. The molecule has 0 aromatic heterocycles. The van der Waals surface area contributed by atoms with E-state index in [0.717, 1.165) is 19.6 Å². The Labute approximate surface area is 142 Å². The molecule has 2 rings (SSSR count). The van der Waals surface area contributed by atoms with Crippen LogP contribution in [0.1, 0.15) is 47.4 Å². The van der Waals surface area contributed by atoms with Gasteiger partial charge in [-0.3, -0.25) is 19.3 Å². The number of rotatable bonds is 9. The molecule has 0 saturated heterocycles. The van der Waals surface area contributed by atoms with Crippen molar-refractivity contribution in [1.82, 2.24) is 15.1 Å². The van der Waals surface area contributed by atoms with Crippen LogP contribution in [0.3, 0.4) is 0 Å². The lowest BCUT2D eigenvalue weighted by molar-refractivity contribution is -0.121. The number of carbonyl (C=O) groups is 3. The van der Waals surface area contributed by atoms with E-state index >= 15 is 0 Å². The van der Waals surface area contributed by atoms with E-state index < -0.39 is 0 Å². The van der Waals surface area contributed by atoms with Crippen molar-refractivity contribution in [2.45, 2.75) is 26.7 Å². The topological polar surface area (TPSA) is 69.7 Å². The van der Waals surface area contributed by atoms with Crippen molar-refractivity contribution in [3.8, 4) is 0 Å². The molecule has 0 spiro atoms. The maximum atomic E-state index is 12.2. The van der Waals surface area contributed by atoms with Crippen molar-refractivity contribution >= 4 is 17.7 Å². The summed E-state index contributed by atoms with van der Waals surface area (Å²) in [5.41, 5.74) is 0.900. The van der Waals surface area contributed by atoms with E-state index in [1.165, 1.54) is 4.90 Å². The fraction of sp³-hybridized carbons (Fsp3) is 0.500. The van der Waals surface area contributed by atoms with E-state index in [1.54, 1.807) is 24.3 Å². The van der Waals surface area contributed by atoms with Crippen LogP contribution >= 0.6 is 0 Å². The van der Waals surface area contributed by atoms with Crippen molar-refractivity contribution in [3.63, 3.8) is 0 Å². The second kappa shape index (κ2) is 8.59. The molecule has 0 fully saturated rings. The minimum atomic E-state index is -0.266. The summed E-state index contributed by atoms with van der Waals surface area (Å²) in [4.78, 5) is 39.7. The molecule has 6 heteroatoms. The van der Waals surface area contributed by atoms with Gasteiger partial charge < -0.3 is 10.2 Å². The van der Waals surface area contributed by atoms with Crippen molar-refractivity contribution in [3.05, 3.63) is 35.4 Å². The zero-order chi connectivity index (χ0) is 17.5. The van der Waals surface area contributed by atoms with Gasteiger partial charge in [0.1, 0.15) is 0 Å². The van der Waals surface area contributed by atoms with Crippen LogP contribution in [-0.4, -0.2) is 60.2 Å². The predicted molar refractivity (Wildman–Crippen MR) is 91.8 cm³/mol. The molecule has 1 aromatic carbocycles. The summed E-state index contributed by atoms with van der Waals surface area (Å²) < 4.78 is 0. The van der Waals surface area contributed by atoms with Crippen LogP contribution in [0.2, 0.25) is 0 Å². The number of fused-ring (bicyclic) bond motifs is 1. The Morgan fingerprint density at radius 3 is 2.21 bits per heavy atom. The van der Waals surface area contributed by atoms with Gasteiger partial charge in [-0.25, -0.2) is 0 Å². The van der Waals surface area contributed by atoms with E-state index in [1.807, 2.05) is 0 Å². The van der Waals surface area contributed by atoms with Gasteiger partial charge in [-0.2, -0.15) is 0 Å². The summed E-state index contributed by atoms with van der Waals surface area (Å²) in [7, 11) is 0. The smallest absolute Gasteiger partial charge is 0.261 e. The van der Waals surface area contributed by atoms with E-state index in [4.69, 9.17) is 0 Å². The highest BCUT2D eigenvalue weighted by Gasteiger charge is 2.34. The highest BCUT2D eigenvalue weighted by Crippen LogP contribution is 2.22. The summed E-state index contributed by atoms with van der Waals surface area (Å²) in [6, 6.07) is 6.82. The first-order valence-corrected chi connectivity index (χ1v) is 8.52. The molecule has 6 nitrogen and oxygen atoms in total. The zero-order valence-electron chi connectivity index (χ0n) is 14.4. The first-order valence-electron chi connectivity index (χ1n) is 8.52. The molecular formula is C18H25N3O3. The molecule has 0 radical (unpaired) electrons. The Kier molecular flexibility index (Phi) is 6.49. The number of nitrogens with one attached hydrogen (secondary N) is 1. The highest BCUT2D eigenvalue weighted by molar-refractivity contribution is 6.21. The number of likely N-dealkylation sites (N-methyl/N-ethyl adjacent to an activating group) is 1. The maximum absolute atomic E-state index is 12.2. The average Bonchev–Trinajstić information content (AvgIpc) is 2.84. The minimum Gasteiger partial charge on any atom is -0.355 e. The van der Waals surface area contributed by atoms with Crippen LogP contribution in [0, 0.1) is 0 Å². The normalized spacial score (nSPS) is 13.5. The first kappa shape index (κ1) is 18.1. The minimum absolute atomic E-state index is 0.0428. The molecule has 3 amide bonds. The van der Waals surface area contributed by atoms with Crippen LogP contribution in [-0.2, 0) is 4.79 Å². The van der Waals surface area contributed by atoms with E-state index in [9.17, 15) is 14.4 Å². The molecule has 0 bridgehead atoms. The van der Waals surface area contributed by atoms with E-state index in [0.29, 0.717) is 30.5 Å². The number of amides is 3. The molecular weight excluding hydrogens is 306 g/mol. The molecule has 0 saturated carbocycles. The fourth-order valence-corrected chi connectivity index (χ4v) is 2.82. The third kappa shape index (κ3) is 4.20. The maximum Gasteiger partial charge on any atom is 0.261 e. The predicted octanol–water partition coefficient (Wildman–Crippen LogP) is 1.52. The van der Waals surface area contributed by atoms with Gasteiger partial charge in [0.05, 0.1) is 11.1 Å². The van der Waals surface area contributed by atoms with Crippen molar-refractivity contribution < 1.29 is 14.4 Å². The quantitative estimate of drug-likeness (QED) is 0.697. The van der Waals surface area contributed by atoms with Gasteiger partial charge >= 0.3 is 0 Å². The Morgan fingerprint density at radius 1 is 1.08 bits per heavy atom. The molecule has 0 unspecified atom stereocenters. The highest BCUT2D eigenvalue weighted by atomic mass is 16.2. The second-order valence-electron chi connectivity index (χ2n) is 5.79. The molecule has 0 aliphatic carbocycles. The van der Waals surface area contributed by atoms with Crippen LogP contribution < -0.4 is 5.32 Å². The lowest BCUT2D eigenvalue weighted by Crippen LogP contribution is -2.35. The van der Waals surface area contributed by atoms with Crippen LogP contribution in [0.15, 0.2) is 24.3 Å². The Balaban J connectivity index is 1.72. The van der Waals surface area contributed by atoms with Crippen LogP contribution in [0.5, 0.6) is 0 Å². The molecule has 1 aromatic rings. The summed E-state index contributed by atoms with van der Waals surface area (Å²) in [5, 5.41) is 2.88. The molecule has 24 heavy (non-hydrogen) atoms. The van der Waals surface area contributed by atoms with Gasteiger partial charge in [-0.1, -0.05) is 26.0 Å². The van der Waals surface area contributed by atoms with Gasteiger partial charge in [0.2, 0.25) is 5.91 Å². The monoisotopic (exact) mass is 331 g/mol. The molecule has 0 atom stereocenters. The average molecular weight is 331 g/mol. The van der Waals surface area contributed by atoms with Gasteiger partial charge in [-0.15, -0.1) is 0 Å². The largest absolute Gasteiger partial charge is 0.355 e. The Hall–Kier alpha value is -2.21. The van der Waals surface area contributed by atoms with E-state index in [2.05, 4.69) is 24.1 Å². The number of benzene rings is 1. The van der Waals surface area contributed by atoms with Gasteiger partial charge in [0.25, 0.3) is 11.8 Å². The summed E-state index contributed by atoms with van der Waals surface area (Å²) in [6.45, 7) is 7.83. The molecule has 1 N–H and O–H groups in total. The number of hydrogen-bond donors (Lipinski definition) is 1. The summed E-state index contributed by atoms with van der Waals surface area (Å²) in [6.07, 6.45) is 0.786. The van der Waals surface area contributed by atoms with Gasteiger partial charge in [0, 0.05) is 26.1 Å². The van der Waals surface area contributed by atoms with Crippen molar-refractivity contribution in [1.29, 1.82) is 0 Å². The Morgan fingerprint density at radius 2 is 1.67 bits per heavy atom. The summed E-state index contributed by atoms with van der Waals surface area (Å²) in [5.74, 6) is -0.575. The SMILES string of the molecule is CCN(CC)CCNC(=O)CCCN1C(=O)c2ccccc2C1=O. The third-order valence-corrected chi connectivity index (χ3v) is 4.31. The second-order valence-corrected chi connectivity index (χ2v) is 5.79. The molecule has 1 aliphatic heterocycles. The lowest BCUT2D eigenvalue weighted by atomic mass is 10.1. The number of imide groups is 1. The Bertz CT molecular complexity index is 576. The molecule has 1 heterocycles. The molecule has 130 valence electrons. The van der Waals surface area contributed by atoms with Crippen molar-refractivity contribution in [2.24, 2.45) is 0 Å². The van der Waals surface area contributed by atoms with Gasteiger partial charge in [-0.05, 0) is 31.6 Å².